The second-order valence-corrected chi connectivity index (χ2v) is 6.13. The molecular weight excluding hydrogens is 282 g/mol. The summed E-state index contributed by atoms with van der Waals surface area (Å²) in [5.74, 6) is 0.746. The Bertz CT molecular complexity index is 579. The molecule has 6 N–H and O–H groups in total. The fraction of sp³-hybridized carbons (Fsp3) is 0.333. The van der Waals surface area contributed by atoms with Gasteiger partial charge in [-0.05, 0) is 18.9 Å². The summed E-state index contributed by atoms with van der Waals surface area (Å²) >= 11 is 1.50. The average Bonchev–Trinajstić information content (AvgIpc) is 2.44. The van der Waals surface area contributed by atoms with Gasteiger partial charge in [0, 0.05) is 12.1 Å². The number of rotatable bonds is 5. The summed E-state index contributed by atoms with van der Waals surface area (Å²) in [6.07, 6.45) is 0.864. The lowest BCUT2D eigenvalue weighted by atomic mass is 10.0. The monoisotopic (exact) mass is 303 g/mol. The van der Waals surface area contributed by atoms with Crippen molar-refractivity contribution in [3.05, 3.63) is 41.5 Å². The molecule has 1 aromatic carbocycles. The fourth-order valence-corrected chi connectivity index (χ4v) is 3.20. The summed E-state index contributed by atoms with van der Waals surface area (Å²) in [5.41, 5.74) is 20.1. The average molecular weight is 303 g/mol. The number of aromatic nitrogens is 2. The molecule has 2 atom stereocenters. The molecule has 0 saturated heterocycles. The minimum Gasteiger partial charge on any atom is -0.383 e. The number of hydrogen-bond donors (Lipinski definition) is 3. The van der Waals surface area contributed by atoms with E-state index in [2.05, 4.69) is 48.1 Å². The lowest BCUT2D eigenvalue weighted by Crippen LogP contribution is -2.26. The molecule has 1 aromatic heterocycles. The molecule has 2 aromatic rings. The minimum absolute atomic E-state index is 0.00367. The lowest BCUT2D eigenvalue weighted by Gasteiger charge is -2.22. The Kier molecular flexibility index (Phi) is 5.03. The van der Waals surface area contributed by atoms with Crippen molar-refractivity contribution in [3.8, 4) is 0 Å². The second kappa shape index (κ2) is 6.78. The molecule has 0 aliphatic heterocycles. The molecule has 6 heteroatoms. The minimum atomic E-state index is 0.00367. The van der Waals surface area contributed by atoms with Crippen molar-refractivity contribution in [2.45, 2.75) is 36.7 Å². The van der Waals surface area contributed by atoms with E-state index in [-0.39, 0.29) is 11.3 Å². The summed E-state index contributed by atoms with van der Waals surface area (Å²) in [6.45, 7) is 4.13. The van der Waals surface area contributed by atoms with Gasteiger partial charge >= 0.3 is 0 Å². The highest BCUT2D eigenvalue weighted by molar-refractivity contribution is 7.99. The SMILES string of the molecule is CCC(N)C(Sc1nc(N)cc(N)n1)c1ccc(C)cc1. The number of anilines is 2. The molecule has 5 nitrogen and oxygen atoms in total. The number of thioether (sulfide) groups is 1. The van der Waals surface area contributed by atoms with Crippen molar-refractivity contribution < 1.29 is 0 Å². The summed E-state index contributed by atoms with van der Waals surface area (Å²) < 4.78 is 0. The molecule has 0 spiro atoms. The fourth-order valence-electron chi connectivity index (χ4n) is 2.00. The molecule has 21 heavy (non-hydrogen) atoms. The van der Waals surface area contributed by atoms with E-state index in [4.69, 9.17) is 17.2 Å². The van der Waals surface area contributed by atoms with Gasteiger partial charge in [0.05, 0.1) is 5.25 Å². The third-order valence-corrected chi connectivity index (χ3v) is 4.51. The molecule has 0 saturated carbocycles. The van der Waals surface area contributed by atoms with Gasteiger partial charge in [0.1, 0.15) is 11.6 Å². The molecule has 0 fully saturated rings. The van der Waals surface area contributed by atoms with Crippen LogP contribution in [0.3, 0.4) is 0 Å². The van der Waals surface area contributed by atoms with Crippen LogP contribution in [0, 0.1) is 6.92 Å². The van der Waals surface area contributed by atoms with Crippen LogP contribution in [-0.4, -0.2) is 16.0 Å². The third-order valence-electron chi connectivity index (χ3n) is 3.24. The third kappa shape index (κ3) is 4.09. The smallest absolute Gasteiger partial charge is 0.192 e. The predicted molar refractivity (Wildman–Crippen MR) is 88.9 cm³/mol. The van der Waals surface area contributed by atoms with Crippen LogP contribution in [0.25, 0.3) is 0 Å². The van der Waals surface area contributed by atoms with E-state index < -0.39 is 0 Å². The van der Waals surface area contributed by atoms with Crippen LogP contribution in [0.15, 0.2) is 35.5 Å². The van der Waals surface area contributed by atoms with E-state index in [9.17, 15) is 0 Å². The number of nitrogens with zero attached hydrogens (tertiary/aromatic N) is 2. The van der Waals surface area contributed by atoms with Crippen LogP contribution in [0.1, 0.15) is 29.7 Å². The quantitative estimate of drug-likeness (QED) is 0.579. The first-order chi connectivity index (χ1) is 9.99. The van der Waals surface area contributed by atoms with Gasteiger partial charge in [-0.25, -0.2) is 9.97 Å². The van der Waals surface area contributed by atoms with Crippen LogP contribution in [0.4, 0.5) is 11.6 Å². The molecule has 2 rings (SSSR count). The largest absolute Gasteiger partial charge is 0.383 e. The van der Waals surface area contributed by atoms with E-state index >= 15 is 0 Å². The zero-order chi connectivity index (χ0) is 15.4. The zero-order valence-corrected chi connectivity index (χ0v) is 13.1. The maximum absolute atomic E-state index is 6.27. The van der Waals surface area contributed by atoms with Gasteiger partial charge < -0.3 is 17.2 Å². The summed E-state index contributed by atoms with van der Waals surface area (Å²) in [4.78, 5) is 8.46. The molecule has 0 radical (unpaired) electrons. The van der Waals surface area contributed by atoms with Gasteiger partial charge in [-0.1, -0.05) is 48.5 Å². The highest BCUT2D eigenvalue weighted by Gasteiger charge is 2.21. The first-order valence-electron chi connectivity index (χ1n) is 6.88. The van der Waals surface area contributed by atoms with Crippen molar-refractivity contribution in [1.29, 1.82) is 0 Å². The molecule has 0 amide bonds. The maximum Gasteiger partial charge on any atom is 0.192 e. The number of nitrogens with two attached hydrogens (primary N) is 3. The molecule has 112 valence electrons. The maximum atomic E-state index is 6.27. The van der Waals surface area contributed by atoms with Crippen LogP contribution >= 0.6 is 11.8 Å². The first-order valence-corrected chi connectivity index (χ1v) is 7.76. The summed E-state index contributed by atoms with van der Waals surface area (Å²) in [6, 6.07) is 9.91. The van der Waals surface area contributed by atoms with Gasteiger partial charge in [0.15, 0.2) is 5.16 Å². The Labute approximate surface area is 129 Å². The van der Waals surface area contributed by atoms with Gasteiger partial charge in [-0.2, -0.15) is 0 Å². The van der Waals surface area contributed by atoms with Crippen molar-refractivity contribution in [2.75, 3.05) is 11.5 Å². The normalized spacial score (nSPS) is 13.9. The van der Waals surface area contributed by atoms with Crippen LogP contribution in [0.5, 0.6) is 0 Å². The van der Waals surface area contributed by atoms with Crippen LogP contribution in [0.2, 0.25) is 0 Å². The number of hydrogen-bond acceptors (Lipinski definition) is 6. The highest BCUT2D eigenvalue weighted by Crippen LogP contribution is 2.37. The van der Waals surface area contributed by atoms with Crippen LogP contribution < -0.4 is 17.2 Å². The standard InChI is InChI=1S/C15H21N5S/c1-3-11(16)14(10-6-4-9(2)5-7-10)21-15-19-12(17)8-13(18)20-15/h4-8,11,14H,3,16H2,1-2H3,(H4,17,18,19,20). The zero-order valence-electron chi connectivity index (χ0n) is 12.3. The van der Waals surface area contributed by atoms with E-state index in [1.807, 2.05) is 0 Å². The summed E-state index contributed by atoms with van der Waals surface area (Å²) in [7, 11) is 0. The van der Waals surface area contributed by atoms with Crippen molar-refractivity contribution in [2.24, 2.45) is 5.73 Å². The molecule has 0 bridgehead atoms. The molecular formula is C15H21N5S. The molecule has 0 aliphatic carbocycles. The van der Waals surface area contributed by atoms with Gasteiger partial charge in [-0.3, -0.25) is 0 Å². The van der Waals surface area contributed by atoms with Gasteiger partial charge in [0.25, 0.3) is 0 Å². The first kappa shape index (κ1) is 15.6. The van der Waals surface area contributed by atoms with E-state index in [1.54, 1.807) is 6.07 Å². The lowest BCUT2D eigenvalue weighted by molar-refractivity contribution is 0.632. The van der Waals surface area contributed by atoms with Crippen molar-refractivity contribution in [3.63, 3.8) is 0 Å². The Morgan fingerprint density at radius 3 is 2.19 bits per heavy atom. The van der Waals surface area contributed by atoms with Crippen molar-refractivity contribution >= 4 is 23.4 Å². The molecule has 2 unspecified atom stereocenters. The Morgan fingerprint density at radius 2 is 1.67 bits per heavy atom. The number of nitrogen functional groups attached to an aromatic ring is 2. The van der Waals surface area contributed by atoms with Gasteiger partial charge in [0.2, 0.25) is 0 Å². The molecule has 1 heterocycles. The van der Waals surface area contributed by atoms with Gasteiger partial charge in [-0.15, -0.1) is 0 Å². The Morgan fingerprint density at radius 1 is 1.10 bits per heavy atom. The second-order valence-electron chi connectivity index (χ2n) is 5.02. The summed E-state index contributed by atoms with van der Waals surface area (Å²) in [5, 5.41) is 0.624. The molecule has 0 aliphatic rings. The van der Waals surface area contributed by atoms with Crippen LogP contribution in [-0.2, 0) is 0 Å². The van der Waals surface area contributed by atoms with E-state index in [1.165, 1.54) is 17.3 Å². The highest BCUT2D eigenvalue weighted by atomic mass is 32.2. The van der Waals surface area contributed by atoms with E-state index in [0.717, 1.165) is 12.0 Å². The van der Waals surface area contributed by atoms with Crippen molar-refractivity contribution in [1.82, 2.24) is 9.97 Å². The Hall–Kier alpha value is -1.79. The number of benzene rings is 1. The topological polar surface area (TPSA) is 104 Å². The van der Waals surface area contributed by atoms with E-state index in [0.29, 0.717) is 16.8 Å². The predicted octanol–water partition coefficient (Wildman–Crippen LogP) is 2.52. The number of aryl methyl sites for hydroxylation is 1. The Balaban J connectivity index is 2.30.